The van der Waals surface area contributed by atoms with Gasteiger partial charge in [0.1, 0.15) is 11.5 Å². The van der Waals surface area contributed by atoms with Gasteiger partial charge in [-0.3, -0.25) is 14.5 Å². The number of rotatable bonds is 7. The number of Topliss-reactive ketones (excluding diaryl/α,β-unsaturated/α-hetero) is 1. The van der Waals surface area contributed by atoms with Crippen molar-refractivity contribution in [2.45, 2.75) is 46.6 Å². The molecule has 1 fully saturated rings. The van der Waals surface area contributed by atoms with Crippen LogP contribution >= 0.6 is 0 Å². The molecule has 5 rings (SSSR count). The van der Waals surface area contributed by atoms with E-state index in [2.05, 4.69) is 27.7 Å². The van der Waals surface area contributed by atoms with E-state index in [0.29, 0.717) is 52.5 Å². The van der Waals surface area contributed by atoms with E-state index in [0.717, 1.165) is 11.1 Å². The summed E-state index contributed by atoms with van der Waals surface area (Å²) in [6, 6.07) is 17.4. The average Bonchev–Trinajstić information content (AvgIpc) is 3.49. The molecule has 1 amide bonds. The highest BCUT2D eigenvalue weighted by Crippen LogP contribution is 2.45. The van der Waals surface area contributed by atoms with E-state index in [4.69, 9.17) is 14.2 Å². The monoisotopic (exact) mass is 527 g/mol. The van der Waals surface area contributed by atoms with Crippen LogP contribution in [0.25, 0.3) is 5.76 Å². The summed E-state index contributed by atoms with van der Waals surface area (Å²) in [5.41, 5.74) is 3.62. The summed E-state index contributed by atoms with van der Waals surface area (Å²) in [7, 11) is 0. The van der Waals surface area contributed by atoms with Crippen molar-refractivity contribution in [1.29, 1.82) is 0 Å². The lowest BCUT2D eigenvalue weighted by Crippen LogP contribution is -2.29. The van der Waals surface area contributed by atoms with Gasteiger partial charge in [0, 0.05) is 17.3 Å². The van der Waals surface area contributed by atoms with Crippen molar-refractivity contribution in [3.05, 3.63) is 88.5 Å². The average molecular weight is 528 g/mol. The van der Waals surface area contributed by atoms with Gasteiger partial charge in [-0.1, -0.05) is 52.0 Å². The number of nitrogens with zero attached hydrogens (tertiary/aromatic N) is 1. The van der Waals surface area contributed by atoms with E-state index in [9.17, 15) is 14.7 Å². The van der Waals surface area contributed by atoms with Gasteiger partial charge in [0.25, 0.3) is 11.7 Å². The first-order chi connectivity index (χ1) is 18.7. The molecule has 1 N–H and O–H groups in total. The van der Waals surface area contributed by atoms with Crippen molar-refractivity contribution in [2.75, 3.05) is 18.3 Å². The second-order valence-electron chi connectivity index (χ2n) is 10.7. The van der Waals surface area contributed by atoms with Crippen LogP contribution in [0.2, 0.25) is 0 Å². The first kappa shape index (κ1) is 26.4. The lowest BCUT2D eigenvalue weighted by Gasteiger charge is -2.26. The summed E-state index contributed by atoms with van der Waals surface area (Å²) in [4.78, 5) is 28.5. The van der Waals surface area contributed by atoms with Crippen LogP contribution in [0.3, 0.4) is 0 Å². The zero-order chi connectivity index (χ0) is 27.8. The Labute approximate surface area is 228 Å². The zero-order valence-corrected chi connectivity index (χ0v) is 22.9. The molecular formula is C32H33NO6. The molecule has 3 aromatic rings. The Kier molecular flexibility index (Phi) is 7.08. The molecule has 3 aromatic carbocycles. The Morgan fingerprint density at radius 3 is 2.36 bits per heavy atom. The summed E-state index contributed by atoms with van der Waals surface area (Å²) >= 11 is 0. The molecule has 2 aliphatic heterocycles. The first-order valence-corrected chi connectivity index (χ1v) is 13.2. The standard InChI is InChI=1S/C32H33NO6/c1-18(2)16-37-25-12-10-23(14-20(25)5)30(34)28-29(22-8-6-21(7-9-22)19(3)4)33(32(36)31(28)35)24-11-13-26-27(15-24)39-17-38-26/h6-15,18-19,29,34H,16-17H2,1-5H3/b30-28+. The molecular weight excluding hydrogens is 494 g/mol. The number of hydrogen-bond donors (Lipinski definition) is 1. The van der Waals surface area contributed by atoms with Crippen LogP contribution in [0.15, 0.2) is 66.2 Å². The van der Waals surface area contributed by atoms with Gasteiger partial charge in [0.05, 0.1) is 18.2 Å². The molecule has 0 aliphatic carbocycles. The van der Waals surface area contributed by atoms with Gasteiger partial charge in [-0.25, -0.2) is 0 Å². The van der Waals surface area contributed by atoms with Crippen LogP contribution in [0, 0.1) is 12.8 Å². The molecule has 1 atom stereocenters. The van der Waals surface area contributed by atoms with E-state index in [-0.39, 0.29) is 18.1 Å². The van der Waals surface area contributed by atoms with Crippen molar-refractivity contribution in [3.63, 3.8) is 0 Å². The van der Waals surface area contributed by atoms with Gasteiger partial charge < -0.3 is 19.3 Å². The fourth-order valence-corrected chi connectivity index (χ4v) is 4.88. The summed E-state index contributed by atoms with van der Waals surface area (Å²) in [5.74, 6) is 0.766. The Morgan fingerprint density at radius 1 is 0.974 bits per heavy atom. The molecule has 0 saturated carbocycles. The van der Waals surface area contributed by atoms with Gasteiger partial charge in [0.2, 0.25) is 6.79 Å². The van der Waals surface area contributed by atoms with Crippen molar-refractivity contribution in [2.24, 2.45) is 5.92 Å². The number of aliphatic hydroxyl groups is 1. The predicted molar refractivity (Wildman–Crippen MR) is 149 cm³/mol. The number of hydrogen-bond acceptors (Lipinski definition) is 6. The van der Waals surface area contributed by atoms with Gasteiger partial charge in [-0.2, -0.15) is 0 Å². The minimum atomic E-state index is -0.830. The predicted octanol–water partition coefficient (Wildman–Crippen LogP) is 6.51. The Morgan fingerprint density at radius 2 is 1.69 bits per heavy atom. The normalized spacial score (nSPS) is 17.9. The molecule has 7 nitrogen and oxygen atoms in total. The second-order valence-corrected chi connectivity index (χ2v) is 10.7. The summed E-state index contributed by atoms with van der Waals surface area (Å²) in [5, 5.41) is 11.5. The topological polar surface area (TPSA) is 85.3 Å². The number of fused-ring (bicyclic) bond motifs is 1. The maximum atomic E-state index is 13.5. The molecule has 0 spiro atoms. The van der Waals surface area contributed by atoms with Gasteiger partial charge >= 0.3 is 0 Å². The molecule has 0 radical (unpaired) electrons. The third-order valence-electron chi connectivity index (χ3n) is 7.02. The van der Waals surface area contributed by atoms with Crippen LogP contribution in [0.5, 0.6) is 17.2 Å². The van der Waals surface area contributed by atoms with Gasteiger partial charge in [-0.15, -0.1) is 0 Å². The highest BCUT2D eigenvalue weighted by molar-refractivity contribution is 6.51. The summed E-state index contributed by atoms with van der Waals surface area (Å²) < 4.78 is 16.8. The molecule has 2 heterocycles. The van der Waals surface area contributed by atoms with Crippen molar-refractivity contribution < 1.29 is 28.9 Å². The molecule has 39 heavy (non-hydrogen) atoms. The number of amides is 1. The van der Waals surface area contributed by atoms with Crippen molar-refractivity contribution >= 4 is 23.1 Å². The Balaban J connectivity index is 1.62. The summed E-state index contributed by atoms with van der Waals surface area (Å²) in [6.45, 7) is 10.9. The fourth-order valence-electron chi connectivity index (χ4n) is 4.88. The second kappa shape index (κ2) is 10.5. The highest BCUT2D eigenvalue weighted by Gasteiger charge is 2.47. The number of benzene rings is 3. The summed E-state index contributed by atoms with van der Waals surface area (Å²) in [6.07, 6.45) is 0. The van der Waals surface area contributed by atoms with Gasteiger partial charge in [0.15, 0.2) is 11.5 Å². The maximum absolute atomic E-state index is 13.5. The van der Waals surface area contributed by atoms with Crippen LogP contribution in [0.4, 0.5) is 5.69 Å². The molecule has 7 heteroatoms. The van der Waals surface area contributed by atoms with Crippen LogP contribution in [0.1, 0.15) is 61.9 Å². The molecule has 202 valence electrons. The molecule has 0 aromatic heterocycles. The number of carbonyl (C=O) groups is 2. The van der Waals surface area contributed by atoms with Crippen LogP contribution in [-0.2, 0) is 9.59 Å². The van der Waals surface area contributed by atoms with E-state index < -0.39 is 17.7 Å². The number of anilines is 1. The number of aliphatic hydroxyl groups excluding tert-OH is 1. The largest absolute Gasteiger partial charge is 0.507 e. The third kappa shape index (κ3) is 4.97. The number of ketones is 1. The lowest BCUT2D eigenvalue weighted by molar-refractivity contribution is -0.132. The van der Waals surface area contributed by atoms with E-state index in [1.54, 1.807) is 36.4 Å². The highest BCUT2D eigenvalue weighted by atomic mass is 16.7. The smallest absolute Gasteiger partial charge is 0.300 e. The van der Waals surface area contributed by atoms with E-state index in [1.165, 1.54) is 4.90 Å². The maximum Gasteiger partial charge on any atom is 0.300 e. The number of aryl methyl sites for hydroxylation is 1. The van der Waals surface area contributed by atoms with Crippen LogP contribution in [-0.4, -0.2) is 30.2 Å². The molecule has 0 bridgehead atoms. The SMILES string of the molecule is Cc1cc(/C(O)=C2\C(=O)C(=O)N(c3ccc4c(c3)OCO4)C2c2ccc(C(C)C)cc2)ccc1OCC(C)C. The lowest BCUT2D eigenvalue weighted by atomic mass is 9.92. The zero-order valence-electron chi connectivity index (χ0n) is 22.9. The Bertz CT molecular complexity index is 1450. The van der Waals surface area contributed by atoms with E-state index in [1.807, 2.05) is 31.2 Å². The Hall–Kier alpha value is -4.26. The van der Waals surface area contributed by atoms with E-state index >= 15 is 0 Å². The number of carbonyl (C=O) groups excluding carboxylic acids is 2. The third-order valence-corrected chi connectivity index (χ3v) is 7.02. The van der Waals surface area contributed by atoms with Gasteiger partial charge in [-0.05, 0) is 65.8 Å². The van der Waals surface area contributed by atoms with Crippen molar-refractivity contribution in [1.82, 2.24) is 0 Å². The first-order valence-electron chi connectivity index (χ1n) is 13.2. The molecule has 1 saturated heterocycles. The minimum absolute atomic E-state index is 0.0326. The van der Waals surface area contributed by atoms with Crippen LogP contribution < -0.4 is 19.1 Å². The fraction of sp³-hybridized carbons (Fsp3) is 0.312. The van der Waals surface area contributed by atoms with Crippen molar-refractivity contribution in [3.8, 4) is 17.2 Å². The molecule has 2 aliphatic rings. The number of ether oxygens (including phenoxy) is 3. The minimum Gasteiger partial charge on any atom is -0.507 e. The quantitative estimate of drug-likeness (QED) is 0.214. The molecule has 1 unspecified atom stereocenters.